The Hall–Kier alpha value is -3.37. The molecule has 0 radical (unpaired) electrons. The van der Waals surface area contributed by atoms with Crippen LogP contribution in [0.3, 0.4) is 0 Å². The molecular formula is C24H20F3N3O3S. The molecule has 1 saturated heterocycles. The lowest BCUT2D eigenvalue weighted by Crippen LogP contribution is -2.72. The van der Waals surface area contributed by atoms with Crippen LogP contribution in [-0.2, 0) is 6.54 Å². The molecule has 0 bridgehead atoms. The zero-order chi connectivity index (χ0) is 24.3. The lowest BCUT2D eigenvalue weighted by Gasteiger charge is -2.44. The van der Waals surface area contributed by atoms with Crippen LogP contribution in [0.25, 0.3) is 21.8 Å². The molecule has 10 heteroatoms. The topological polar surface area (TPSA) is 83.4 Å². The minimum absolute atomic E-state index is 0.0549. The van der Waals surface area contributed by atoms with Crippen LogP contribution < -0.4 is 10.6 Å². The summed E-state index contributed by atoms with van der Waals surface area (Å²) in [5.41, 5.74) is -1.61. The van der Waals surface area contributed by atoms with E-state index in [0.717, 1.165) is 33.1 Å². The number of thiophene rings is 1. The third-order valence-electron chi connectivity index (χ3n) is 6.32. The summed E-state index contributed by atoms with van der Waals surface area (Å²) in [5.74, 6) is -2.95. The average molecular weight is 488 g/mol. The number of rotatable bonds is 4. The number of carbonyl (C=O) groups is 2. The number of hydrogen-bond donors (Lipinski definition) is 3. The average Bonchev–Trinajstić information content (AvgIpc) is 3.43. The minimum Gasteiger partial charge on any atom is -0.363 e. The molecule has 3 atom stereocenters. The normalized spacial score (nSPS) is 23.1. The standard InChI is InChI=1S/C24H20F3N3O3S/c1-2-30-16-7-4-3-6-14(16)15-12-13(9-10-17(15)30)20-19(21(31)18-8-5-11-34-18)23(33,24(25,26)27)29-22(32)28-20/h3-12,19-20,33H,2H2,1H3,(H2,28,29,32). The van der Waals surface area contributed by atoms with Gasteiger partial charge in [-0.15, -0.1) is 11.3 Å². The van der Waals surface area contributed by atoms with E-state index in [9.17, 15) is 27.9 Å². The fourth-order valence-corrected chi connectivity index (χ4v) is 5.50. The van der Waals surface area contributed by atoms with E-state index < -0.39 is 35.7 Å². The molecule has 3 unspecified atom stereocenters. The SMILES string of the molecule is CCn1c2ccccc2c2cc(C3NC(=O)NC(O)(C(F)(F)F)C3C(=O)c3cccs3)ccc21. The van der Waals surface area contributed by atoms with Crippen molar-refractivity contribution in [3.8, 4) is 0 Å². The molecule has 3 heterocycles. The Morgan fingerprint density at radius 1 is 1.12 bits per heavy atom. The first kappa shape index (κ1) is 22.4. The Labute approximate surface area is 196 Å². The number of Topliss-reactive ketones (excluding diaryl/α,β-unsaturated/α-hetero) is 1. The van der Waals surface area contributed by atoms with Crippen molar-refractivity contribution in [1.82, 2.24) is 15.2 Å². The summed E-state index contributed by atoms with van der Waals surface area (Å²) in [6.45, 7) is 2.67. The third kappa shape index (κ3) is 3.28. The number of urea groups is 1. The van der Waals surface area contributed by atoms with E-state index in [-0.39, 0.29) is 4.88 Å². The van der Waals surface area contributed by atoms with Crippen LogP contribution in [0.15, 0.2) is 60.0 Å². The number of nitrogens with zero attached hydrogens (tertiary/aromatic N) is 1. The molecule has 3 N–H and O–H groups in total. The predicted octanol–water partition coefficient (Wildman–Crippen LogP) is 4.98. The van der Waals surface area contributed by atoms with Gasteiger partial charge in [0.15, 0.2) is 5.78 Å². The van der Waals surface area contributed by atoms with Gasteiger partial charge in [-0.05, 0) is 42.1 Å². The van der Waals surface area contributed by atoms with Gasteiger partial charge in [-0.2, -0.15) is 13.2 Å². The number of aliphatic hydroxyl groups is 1. The van der Waals surface area contributed by atoms with Crippen LogP contribution in [0, 0.1) is 5.92 Å². The van der Waals surface area contributed by atoms with Crippen LogP contribution in [0.2, 0.25) is 0 Å². The Bertz CT molecular complexity index is 1410. The molecule has 176 valence electrons. The molecule has 2 aromatic heterocycles. The number of ketones is 1. The molecule has 0 spiro atoms. The summed E-state index contributed by atoms with van der Waals surface area (Å²) in [6, 6.07) is 13.0. The first-order valence-electron chi connectivity index (χ1n) is 10.6. The number of amides is 2. The van der Waals surface area contributed by atoms with Crippen molar-refractivity contribution in [3.63, 3.8) is 0 Å². The van der Waals surface area contributed by atoms with Crippen molar-refractivity contribution in [2.24, 2.45) is 5.92 Å². The number of hydrogen-bond acceptors (Lipinski definition) is 4. The number of para-hydroxylation sites is 1. The van der Waals surface area contributed by atoms with Crippen molar-refractivity contribution < 1.29 is 27.9 Å². The van der Waals surface area contributed by atoms with Crippen molar-refractivity contribution in [3.05, 3.63) is 70.4 Å². The molecule has 0 saturated carbocycles. The van der Waals surface area contributed by atoms with Gasteiger partial charge in [0, 0.05) is 28.4 Å². The van der Waals surface area contributed by atoms with Crippen LogP contribution in [0.4, 0.5) is 18.0 Å². The summed E-state index contributed by atoms with van der Waals surface area (Å²) >= 11 is 0.973. The summed E-state index contributed by atoms with van der Waals surface area (Å²) in [4.78, 5) is 25.6. The quantitative estimate of drug-likeness (QED) is 0.355. The van der Waals surface area contributed by atoms with Gasteiger partial charge in [-0.25, -0.2) is 4.79 Å². The molecule has 6 nitrogen and oxygen atoms in total. The van der Waals surface area contributed by atoms with E-state index in [1.165, 1.54) is 6.07 Å². The summed E-state index contributed by atoms with van der Waals surface area (Å²) < 4.78 is 44.4. The molecule has 2 aromatic carbocycles. The van der Waals surface area contributed by atoms with Gasteiger partial charge >= 0.3 is 12.2 Å². The van der Waals surface area contributed by atoms with Gasteiger partial charge in [0.1, 0.15) is 5.92 Å². The summed E-state index contributed by atoms with van der Waals surface area (Å²) in [6.07, 6.45) is -5.29. The Balaban J connectivity index is 1.72. The van der Waals surface area contributed by atoms with Crippen molar-refractivity contribution >= 4 is 45.0 Å². The Kier molecular flexibility index (Phi) is 5.18. The molecule has 1 aliphatic rings. The van der Waals surface area contributed by atoms with Gasteiger partial charge < -0.3 is 20.3 Å². The van der Waals surface area contributed by atoms with Crippen LogP contribution in [-0.4, -0.2) is 33.4 Å². The molecule has 5 rings (SSSR count). The van der Waals surface area contributed by atoms with Gasteiger partial charge in [0.05, 0.1) is 10.9 Å². The second kappa shape index (κ2) is 7.85. The molecule has 0 aliphatic carbocycles. The van der Waals surface area contributed by atoms with Gasteiger partial charge in [0.2, 0.25) is 5.72 Å². The van der Waals surface area contributed by atoms with Gasteiger partial charge in [0.25, 0.3) is 0 Å². The Morgan fingerprint density at radius 3 is 2.53 bits per heavy atom. The van der Waals surface area contributed by atoms with Crippen molar-refractivity contribution in [2.75, 3.05) is 0 Å². The zero-order valence-corrected chi connectivity index (χ0v) is 18.7. The van der Waals surface area contributed by atoms with E-state index in [1.807, 2.05) is 31.2 Å². The fraction of sp³-hybridized carbons (Fsp3) is 0.250. The smallest absolute Gasteiger partial charge is 0.363 e. The highest BCUT2D eigenvalue weighted by molar-refractivity contribution is 7.12. The lowest BCUT2D eigenvalue weighted by molar-refractivity contribution is -0.287. The van der Waals surface area contributed by atoms with Crippen LogP contribution >= 0.6 is 11.3 Å². The molecular weight excluding hydrogens is 467 g/mol. The fourth-order valence-electron chi connectivity index (χ4n) is 4.79. The molecule has 4 aromatic rings. The van der Waals surface area contributed by atoms with E-state index in [0.29, 0.717) is 12.1 Å². The lowest BCUT2D eigenvalue weighted by atomic mass is 9.78. The zero-order valence-electron chi connectivity index (χ0n) is 17.9. The van der Waals surface area contributed by atoms with Gasteiger partial charge in [-0.3, -0.25) is 4.79 Å². The summed E-state index contributed by atoms with van der Waals surface area (Å²) in [7, 11) is 0. The van der Waals surface area contributed by atoms with E-state index >= 15 is 0 Å². The highest BCUT2D eigenvalue weighted by Gasteiger charge is 2.66. The van der Waals surface area contributed by atoms with Crippen LogP contribution in [0.1, 0.15) is 28.2 Å². The van der Waals surface area contributed by atoms with E-state index in [2.05, 4.69) is 9.88 Å². The van der Waals surface area contributed by atoms with E-state index in [1.54, 1.807) is 35.0 Å². The predicted molar refractivity (Wildman–Crippen MR) is 123 cm³/mol. The third-order valence-corrected chi connectivity index (χ3v) is 7.21. The maximum atomic E-state index is 14.1. The molecule has 2 amide bonds. The molecule has 1 fully saturated rings. The minimum atomic E-state index is -5.29. The number of alkyl halides is 3. The number of carbonyl (C=O) groups excluding carboxylic acids is 2. The van der Waals surface area contributed by atoms with Crippen molar-refractivity contribution in [1.29, 1.82) is 0 Å². The second-order valence-corrected chi connectivity index (χ2v) is 9.15. The highest BCUT2D eigenvalue weighted by atomic mass is 32.1. The largest absolute Gasteiger partial charge is 0.437 e. The number of aryl methyl sites for hydroxylation is 1. The van der Waals surface area contributed by atoms with Crippen molar-refractivity contribution in [2.45, 2.75) is 31.4 Å². The highest BCUT2D eigenvalue weighted by Crippen LogP contribution is 2.45. The number of fused-ring (bicyclic) bond motifs is 3. The number of benzene rings is 2. The maximum absolute atomic E-state index is 14.1. The number of nitrogens with one attached hydrogen (secondary N) is 2. The summed E-state index contributed by atoms with van der Waals surface area (Å²) in [5, 5.41) is 18.0. The number of halogens is 3. The van der Waals surface area contributed by atoms with E-state index in [4.69, 9.17) is 0 Å². The second-order valence-electron chi connectivity index (χ2n) is 8.20. The maximum Gasteiger partial charge on any atom is 0.437 e. The number of aromatic nitrogens is 1. The molecule has 1 aliphatic heterocycles. The molecule has 34 heavy (non-hydrogen) atoms. The van der Waals surface area contributed by atoms with Crippen LogP contribution in [0.5, 0.6) is 0 Å². The van der Waals surface area contributed by atoms with Gasteiger partial charge in [-0.1, -0.05) is 30.3 Å². The first-order chi connectivity index (χ1) is 16.2. The monoisotopic (exact) mass is 487 g/mol. The first-order valence-corrected chi connectivity index (χ1v) is 11.5. The Morgan fingerprint density at radius 2 is 1.85 bits per heavy atom.